The third-order valence-electron chi connectivity index (χ3n) is 5.44. The molecule has 0 saturated carbocycles. The highest BCUT2D eigenvalue weighted by Crippen LogP contribution is 2.45. The molecular formula is C22H19F3N6OS. The molecule has 0 aliphatic carbocycles. The monoisotopic (exact) mass is 472 g/mol. The number of anilines is 2. The van der Waals surface area contributed by atoms with Crippen LogP contribution in [0.15, 0.2) is 60.1 Å². The molecule has 2 atom stereocenters. The van der Waals surface area contributed by atoms with Gasteiger partial charge in [-0.25, -0.2) is 9.36 Å². The van der Waals surface area contributed by atoms with E-state index >= 15 is 0 Å². The highest BCUT2D eigenvalue weighted by molar-refractivity contribution is 7.10. The summed E-state index contributed by atoms with van der Waals surface area (Å²) in [6.07, 6.45) is -3.54. The first-order valence-electron chi connectivity index (χ1n) is 10.2. The lowest BCUT2D eigenvalue weighted by Gasteiger charge is -2.33. The molecule has 33 heavy (non-hydrogen) atoms. The molecule has 0 radical (unpaired) electrons. The van der Waals surface area contributed by atoms with Gasteiger partial charge in [0, 0.05) is 17.4 Å². The van der Waals surface area contributed by atoms with Crippen LogP contribution in [0.3, 0.4) is 0 Å². The van der Waals surface area contributed by atoms with Crippen LogP contribution in [0.4, 0.5) is 24.8 Å². The van der Waals surface area contributed by atoms with Crippen molar-refractivity contribution in [3.05, 3.63) is 76.2 Å². The van der Waals surface area contributed by atoms with Crippen molar-refractivity contribution in [2.45, 2.75) is 31.6 Å². The van der Waals surface area contributed by atoms with E-state index < -0.39 is 24.2 Å². The smallest absolute Gasteiger partial charge is 0.362 e. The van der Waals surface area contributed by atoms with Gasteiger partial charge in [0.05, 0.1) is 23.6 Å². The average molecular weight is 472 g/mol. The zero-order valence-corrected chi connectivity index (χ0v) is 18.2. The standard InChI is InChI=1S/C22H19F3N6OS/c1-13-10-19(30(29-13)14-6-3-2-4-7-14)28-21(32)15-12-26-31-18(22(23,24)25)11-16(27-20(15)31)17-8-5-9-33-17/h2-10,12,16,18,27H,11H2,1H3,(H,28,32)/t16-,18-/m1/s1. The van der Waals surface area contributed by atoms with E-state index in [0.29, 0.717) is 11.5 Å². The number of para-hydroxylation sites is 1. The SMILES string of the molecule is Cc1cc(NC(=O)c2cnn3c2N[C@@H](c2cccs2)C[C@@H]3C(F)(F)F)n(-c2ccccc2)n1. The minimum absolute atomic E-state index is 0.0315. The van der Waals surface area contributed by atoms with Crippen molar-refractivity contribution in [1.82, 2.24) is 19.6 Å². The molecule has 1 amide bonds. The molecule has 5 rings (SSSR count). The number of carbonyl (C=O) groups is 1. The number of nitrogens with zero attached hydrogens (tertiary/aromatic N) is 4. The summed E-state index contributed by atoms with van der Waals surface area (Å²) in [5.74, 6) is -0.128. The Hall–Kier alpha value is -3.60. The van der Waals surface area contributed by atoms with Gasteiger partial charge in [-0.05, 0) is 30.5 Å². The molecule has 1 aromatic carbocycles. The first-order chi connectivity index (χ1) is 15.8. The van der Waals surface area contributed by atoms with Crippen LogP contribution < -0.4 is 10.6 Å². The van der Waals surface area contributed by atoms with Crippen LogP contribution in [-0.4, -0.2) is 31.6 Å². The summed E-state index contributed by atoms with van der Waals surface area (Å²) in [5, 5.41) is 16.0. The molecule has 3 aromatic heterocycles. The molecule has 1 aliphatic rings. The minimum Gasteiger partial charge on any atom is -0.362 e. The van der Waals surface area contributed by atoms with E-state index in [1.807, 2.05) is 35.7 Å². The van der Waals surface area contributed by atoms with Crippen molar-refractivity contribution >= 4 is 28.9 Å². The fourth-order valence-corrected chi connectivity index (χ4v) is 4.73. The number of nitrogens with one attached hydrogen (secondary N) is 2. The molecule has 0 unspecified atom stereocenters. The summed E-state index contributed by atoms with van der Waals surface area (Å²) in [4.78, 5) is 13.9. The van der Waals surface area contributed by atoms with Gasteiger partial charge in [-0.3, -0.25) is 4.79 Å². The van der Waals surface area contributed by atoms with Crippen molar-refractivity contribution in [3.63, 3.8) is 0 Å². The fraction of sp³-hybridized carbons (Fsp3) is 0.227. The lowest BCUT2D eigenvalue weighted by Crippen LogP contribution is -2.36. The number of fused-ring (bicyclic) bond motifs is 1. The molecule has 0 fully saturated rings. The number of hydrogen-bond donors (Lipinski definition) is 2. The van der Waals surface area contributed by atoms with Gasteiger partial charge in [0.1, 0.15) is 17.2 Å². The summed E-state index contributed by atoms with van der Waals surface area (Å²) >= 11 is 1.37. The predicted molar refractivity (Wildman–Crippen MR) is 119 cm³/mol. The van der Waals surface area contributed by atoms with Crippen LogP contribution >= 0.6 is 11.3 Å². The molecule has 4 heterocycles. The highest BCUT2D eigenvalue weighted by Gasteiger charge is 2.47. The van der Waals surface area contributed by atoms with Gasteiger partial charge in [0.25, 0.3) is 5.91 Å². The number of aromatic nitrogens is 4. The molecule has 1 aliphatic heterocycles. The van der Waals surface area contributed by atoms with Gasteiger partial charge in [-0.15, -0.1) is 11.3 Å². The Morgan fingerprint density at radius 1 is 1.21 bits per heavy atom. The molecule has 0 bridgehead atoms. The summed E-state index contributed by atoms with van der Waals surface area (Å²) in [5.41, 5.74) is 1.45. The van der Waals surface area contributed by atoms with Crippen LogP contribution in [0.2, 0.25) is 0 Å². The minimum atomic E-state index is -4.50. The Labute approximate surface area is 190 Å². The third-order valence-corrected chi connectivity index (χ3v) is 6.43. The number of carbonyl (C=O) groups excluding carboxylic acids is 1. The summed E-state index contributed by atoms with van der Waals surface area (Å²) in [7, 11) is 0. The summed E-state index contributed by atoms with van der Waals surface area (Å²) in [6.45, 7) is 1.79. The van der Waals surface area contributed by atoms with Crippen LogP contribution in [0.25, 0.3) is 5.69 Å². The van der Waals surface area contributed by atoms with Gasteiger partial charge in [0.15, 0.2) is 6.04 Å². The van der Waals surface area contributed by atoms with Crippen LogP contribution in [0.1, 0.15) is 39.4 Å². The topological polar surface area (TPSA) is 76.8 Å². The lowest BCUT2D eigenvalue weighted by molar-refractivity contribution is -0.173. The summed E-state index contributed by atoms with van der Waals surface area (Å²) < 4.78 is 43.9. The van der Waals surface area contributed by atoms with E-state index in [9.17, 15) is 18.0 Å². The second-order valence-electron chi connectivity index (χ2n) is 7.73. The Kier molecular flexibility index (Phi) is 5.20. The Balaban J connectivity index is 1.49. The van der Waals surface area contributed by atoms with E-state index in [-0.39, 0.29) is 17.8 Å². The normalized spacial score (nSPS) is 17.9. The number of rotatable bonds is 4. The zero-order chi connectivity index (χ0) is 23.2. The Bertz CT molecular complexity index is 1280. The van der Waals surface area contributed by atoms with E-state index in [0.717, 1.165) is 15.2 Å². The van der Waals surface area contributed by atoms with Crippen molar-refractivity contribution < 1.29 is 18.0 Å². The van der Waals surface area contributed by atoms with Gasteiger partial charge < -0.3 is 10.6 Å². The molecular weight excluding hydrogens is 453 g/mol. The molecule has 0 saturated heterocycles. The first-order valence-corrected chi connectivity index (χ1v) is 11.1. The second-order valence-corrected chi connectivity index (χ2v) is 8.71. The largest absolute Gasteiger partial charge is 0.410 e. The summed E-state index contributed by atoms with van der Waals surface area (Å²) in [6, 6.07) is 12.1. The predicted octanol–water partition coefficient (Wildman–Crippen LogP) is 5.35. The van der Waals surface area contributed by atoms with Gasteiger partial charge in [-0.2, -0.15) is 23.4 Å². The zero-order valence-electron chi connectivity index (χ0n) is 17.4. The molecule has 170 valence electrons. The number of alkyl halides is 3. The van der Waals surface area contributed by atoms with Gasteiger partial charge >= 0.3 is 6.18 Å². The number of hydrogen-bond acceptors (Lipinski definition) is 5. The fourth-order valence-electron chi connectivity index (χ4n) is 3.94. The van der Waals surface area contributed by atoms with Crippen molar-refractivity contribution in [2.24, 2.45) is 0 Å². The van der Waals surface area contributed by atoms with Crippen molar-refractivity contribution in [3.8, 4) is 5.69 Å². The van der Waals surface area contributed by atoms with Crippen LogP contribution in [0.5, 0.6) is 0 Å². The Morgan fingerprint density at radius 3 is 2.70 bits per heavy atom. The Morgan fingerprint density at radius 2 is 2.00 bits per heavy atom. The van der Waals surface area contributed by atoms with Crippen LogP contribution in [0, 0.1) is 6.92 Å². The number of amides is 1. The van der Waals surface area contributed by atoms with Gasteiger partial charge in [-0.1, -0.05) is 24.3 Å². The quantitative estimate of drug-likeness (QED) is 0.420. The van der Waals surface area contributed by atoms with E-state index in [1.54, 1.807) is 29.8 Å². The van der Waals surface area contributed by atoms with Gasteiger partial charge in [0.2, 0.25) is 0 Å². The third kappa shape index (κ3) is 3.99. The number of halogens is 3. The van der Waals surface area contributed by atoms with Crippen molar-refractivity contribution in [2.75, 3.05) is 10.6 Å². The van der Waals surface area contributed by atoms with E-state index in [1.165, 1.54) is 17.5 Å². The van der Waals surface area contributed by atoms with E-state index in [2.05, 4.69) is 20.8 Å². The first kappa shape index (κ1) is 21.3. The number of thiophene rings is 1. The lowest BCUT2D eigenvalue weighted by atomic mass is 10.0. The molecule has 11 heteroatoms. The number of benzene rings is 1. The molecule has 4 aromatic rings. The van der Waals surface area contributed by atoms with Crippen molar-refractivity contribution in [1.29, 1.82) is 0 Å². The maximum atomic E-state index is 13.8. The average Bonchev–Trinajstić information content (AvgIpc) is 3.52. The number of aryl methyl sites for hydroxylation is 1. The maximum absolute atomic E-state index is 13.8. The highest BCUT2D eigenvalue weighted by atomic mass is 32.1. The molecule has 7 nitrogen and oxygen atoms in total. The van der Waals surface area contributed by atoms with E-state index in [4.69, 9.17) is 0 Å². The molecule has 2 N–H and O–H groups in total. The second kappa shape index (κ2) is 8.07. The molecule has 0 spiro atoms. The maximum Gasteiger partial charge on any atom is 0.410 e. The van der Waals surface area contributed by atoms with Crippen LogP contribution in [-0.2, 0) is 0 Å².